The lowest BCUT2D eigenvalue weighted by Crippen LogP contribution is -2.18. The Balaban J connectivity index is 2.69. The van der Waals surface area contributed by atoms with Crippen LogP contribution in [0.25, 0.3) is 6.08 Å². The van der Waals surface area contributed by atoms with Crippen LogP contribution in [0, 0.1) is 0 Å². The number of alkyl halides is 6. The van der Waals surface area contributed by atoms with Crippen molar-refractivity contribution in [2.24, 2.45) is 0 Å². The fourth-order valence-corrected chi connectivity index (χ4v) is 2.43. The largest absolute Gasteiger partial charge is 0.417 e. The molecular formula is C12H5F6NO2S. The lowest BCUT2D eigenvalue weighted by molar-refractivity contribution is -0.143. The van der Waals surface area contributed by atoms with Crippen molar-refractivity contribution in [2.45, 2.75) is 12.4 Å². The first-order chi connectivity index (χ1) is 10.00. The van der Waals surface area contributed by atoms with Crippen molar-refractivity contribution in [1.82, 2.24) is 5.32 Å². The molecule has 2 amide bonds. The molecule has 1 aromatic carbocycles. The van der Waals surface area contributed by atoms with E-state index in [0.29, 0.717) is 24.3 Å². The molecule has 0 atom stereocenters. The highest BCUT2D eigenvalue weighted by molar-refractivity contribution is 8.18. The van der Waals surface area contributed by atoms with E-state index in [9.17, 15) is 35.9 Å². The van der Waals surface area contributed by atoms with E-state index in [-0.39, 0.29) is 11.8 Å². The van der Waals surface area contributed by atoms with Gasteiger partial charge in [-0.3, -0.25) is 14.9 Å². The van der Waals surface area contributed by atoms with E-state index in [4.69, 9.17) is 0 Å². The molecular weight excluding hydrogens is 336 g/mol. The minimum atomic E-state index is -5.04. The van der Waals surface area contributed by atoms with Crippen LogP contribution in [0.15, 0.2) is 23.1 Å². The van der Waals surface area contributed by atoms with Crippen molar-refractivity contribution in [3.8, 4) is 0 Å². The van der Waals surface area contributed by atoms with E-state index in [1.54, 1.807) is 5.32 Å². The average Bonchev–Trinajstić information content (AvgIpc) is 2.65. The average molecular weight is 341 g/mol. The van der Waals surface area contributed by atoms with Gasteiger partial charge < -0.3 is 0 Å². The quantitative estimate of drug-likeness (QED) is 0.619. The van der Waals surface area contributed by atoms with Gasteiger partial charge in [-0.15, -0.1) is 0 Å². The molecule has 0 aliphatic carbocycles. The summed E-state index contributed by atoms with van der Waals surface area (Å²) in [5.74, 6) is -1.04. The maximum atomic E-state index is 12.9. The molecule has 118 valence electrons. The van der Waals surface area contributed by atoms with Gasteiger partial charge in [0, 0.05) is 5.56 Å². The molecule has 1 saturated heterocycles. The summed E-state index contributed by atoms with van der Waals surface area (Å²) in [6.07, 6.45) is -9.66. The van der Waals surface area contributed by atoms with Crippen molar-refractivity contribution in [1.29, 1.82) is 0 Å². The first-order valence-electron chi connectivity index (χ1n) is 5.52. The summed E-state index contributed by atoms with van der Waals surface area (Å²) in [6, 6.07) is 1.57. The zero-order valence-electron chi connectivity index (χ0n) is 10.3. The summed E-state index contributed by atoms with van der Waals surface area (Å²) >= 11 is 0.234. The van der Waals surface area contributed by atoms with Gasteiger partial charge in [-0.25, -0.2) is 0 Å². The second kappa shape index (κ2) is 5.34. The molecule has 22 heavy (non-hydrogen) atoms. The molecule has 1 aliphatic rings. The number of thioether (sulfide) groups is 1. The summed E-state index contributed by atoms with van der Waals surface area (Å²) in [6.45, 7) is 0. The Hall–Kier alpha value is -1.97. The lowest BCUT2D eigenvalue weighted by atomic mass is 9.99. The van der Waals surface area contributed by atoms with E-state index in [2.05, 4.69) is 0 Å². The van der Waals surface area contributed by atoms with Crippen LogP contribution in [0.4, 0.5) is 31.1 Å². The van der Waals surface area contributed by atoms with Gasteiger partial charge in [0.25, 0.3) is 11.1 Å². The molecule has 0 bridgehead atoms. The molecule has 3 nitrogen and oxygen atoms in total. The fourth-order valence-electron chi connectivity index (χ4n) is 1.77. The standard InChI is InChI=1S/C12H5F6NO2S/c13-11(14,15)6-2-1-3-7(12(16,17)18)5(6)4-8-9(20)19-10(21)22-8/h1-4H,(H,19,20,21)/b8-4-. The van der Waals surface area contributed by atoms with Crippen LogP contribution in [-0.2, 0) is 17.1 Å². The monoisotopic (exact) mass is 341 g/mol. The Morgan fingerprint density at radius 2 is 1.45 bits per heavy atom. The summed E-state index contributed by atoms with van der Waals surface area (Å²) < 4.78 is 77.4. The molecule has 0 aromatic heterocycles. The summed E-state index contributed by atoms with van der Waals surface area (Å²) in [7, 11) is 0. The lowest BCUT2D eigenvalue weighted by Gasteiger charge is -2.16. The van der Waals surface area contributed by atoms with Gasteiger partial charge in [0.15, 0.2) is 0 Å². The summed E-state index contributed by atoms with van der Waals surface area (Å²) in [5, 5.41) is 0.891. The van der Waals surface area contributed by atoms with Crippen LogP contribution in [0.3, 0.4) is 0 Å². The highest BCUT2D eigenvalue weighted by Gasteiger charge is 2.40. The SMILES string of the molecule is O=C1NC(=O)/C(=C/c2c(C(F)(F)F)cccc2C(F)(F)F)S1. The minimum Gasteiger partial charge on any atom is -0.282 e. The van der Waals surface area contributed by atoms with Crippen LogP contribution >= 0.6 is 11.8 Å². The molecule has 0 saturated carbocycles. The molecule has 2 rings (SSSR count). The number of hydrogen-bond acceptors (Lipinski definition) is 3. The second-order valence-electron chi connectivity index (χ2n) is 4.11. The molecule has 1 fully saturated rings. The van der Waals surface area contributed by atoms with Crippen LogP contribution in [0.2, 0.25) is 0 Å². The minimum absolute atomic E-state index is 0.234. The van der Waals surface area contributed by atoms with E-state index in [1.165, 1.54) is 0 Å². The number of hydrogen-bond donors (Lipinski definition) is 1. The third-order valence-electron chi connectivity index (χ3n) is 2.63. The van der Waals surface area contributed by atoms with Crippen LogP contribution in [-0.4, -0.2) is 11.1 Å². The number of imide groups is 1. The number of nitrogens with one attached hydrogen (secondary N) is 1. The van der Waals surface area contributed by atoms with E-state index >= 15 is 0 Å². The van der Waals surface area contributed by atoms with Gasteiger partial charge in [0.2, 0.25) is 0 Å². The Bertz CT molecular complexity index is 645. The predicted molar refractivity (Wildman–Crippen MR) is 65.6 cm³/mol. The zero-order chi connectivity index (χ0) is 16.7. The molecule has 0 radical (unpaired) electrons. The smallest absolute Gasteiger partial charge is 0.282 e. The highest BCUT2D eigenvalue weighted by Crippen LogP contribution is 2.41. The van der Waals surface area contributed by atoms with E-state index in [1.807, 2.05) is 0 Å². The van der Waals surface area contributed by atoms with Crippen molar-refractivity contribution in [2.75, 3.05) is 0 Å². The molecule has 1 N–H and O–H groups in total. The number of carbonyl (C=O) groups is 2. The topological polar surface area (TPSA) is 46.2 Å². The summed E-state index contributed by atoms with van der Waals surface area (Å²) in [4.78, 5) is 21.8. The van der Waals surface area contributed by atoms with Gasteiger partial charge in [-0.05, 0) is 30.0 Å². The first-order valence-corrected chi connectivity index (χ1v) is 6.34. The number of benzene rings is 1. The van der Waals surface area contributed by atoms with Crippen molar-refractivity contribution in [3.63, 3.8) is 0 Å². The van der Waals surface area contributed by atoms with Crippen LogP contribution < -0.4 is 5.32 Å². The predicted octanol–water partition coefficient (Wildman–Crippen LogP) is 4.05. The molecule has 0 spiro atoms. The highest BCUT2D eigenvalue weighted by atomic mass is 32.2. The molecule has 1 aromatic rings. The Morgan fingerprint density at radius 3 is 1.82 bits per heavy atom. The third kappa shape index (κ3) is 3.26. The van der Waals surface area contributed by atoms with Crippen LogP contribution in [0.1, 0.15) is 16.7 Å². The first kappa shape index (κ1) is 16.4. The molecule has 1 heterocycles. The maximum absolute atomic E-state index is 12.9. The molecule has 1 aliphatic heterocycles. The number of amides is 2. The van der Waals surface area contributed by atoms with Crippen molar-refractivity contribution in [3.05, 3.63) is 39.8 Å². The van der Waals surface area contributed by atoms with Gasteiger partial charge in [0.1, 0.15) is 0 Å². The second-order valence-corrected chi connectivity index (χ2v) is 5.13. The maximum Gasteiger partial charge on any atom is 0.417 e. The summed E-state index contributed by atoms with van der Waals surface area (Å²) in [5.41, 5.74) is -4.28. The number of rotatable bonds is 1. The third-order valence-corrected chi connectivity index (χ3v) is 3.45. The fraction of sp³-hybridized carbons (Fsp3) is 0.167. The van der Waals surface area contributed by atoms with Gasteiger partial charge >= 0.3 is 12.4 Å². The Labute approximate surface area is 123 Å². The van der Waals surface area contributed by atoms with E-state index < -0.39 is 45.1 Å². The van der Waals surface area contributed by atoms with Crippen LogP contribution in [0.5, 0.6) is 0 Å². The Kier molecular flexibility index (Phi) is 3.98. The Morgan fingerprint density at radius 1 is 0.955 bits per heavy atom. The number of halogens is 6. The van der Waals surface area contributed by atoms with Crippen molar-refractivity contribution >= 4 is 29.0 Å². The molecule has 10 heteroatoms. The number of carbonyl (C=O) groups excluding carboxylic acids is 2. The van der Waals surface area contributed by atoms with Gasteiger partial charge in [-0.2, -0.15) is 26.3 Å². The normalized spacial score (nSPS) is 18.0. The van der Waals surface area contributed by atoms with Gasteiger partial charge in [0.05, 0.1) is 16.0 Å². The molecule has 0 unspecified atom stereocenters. The van der Waals surface area contributed by atoms with Gasteiger partial charge in [-0.1, -0.05) is 6.07 Å². The zero-order valence-corrected chi connectivity index (χ0v) is 11.1. The van der Waals surface area contributed by atoms with E-state index in [0.717, 1.165) is 0 Å². The van der Waals surface area contributed by atoms with Crippen molar-refractivity contribution < 1.29 is 35.9 Å².